The van der Waals surface area contributed by atoms with E-state index in [2.05, 4.69) is 39.3 Å². The fourth-order valence-corrected chi connectivity index (χ4v) is 2.86. The maximum atomic E-state index is 11.1. The molecule has 2 aromatic carbocycles. The zero-order valence-electron chi connectivity index (χ0n) is 15.1. The molecule has 2 aromatic rings. The molecule has 1 heterocycles. The van der Waals surface area contributed by atoms with Gasteiger partial charge >= 0.3 is 5.97 Å². The molecular formula is C20H23N3O3. The number of methoxy groups -OCH3 is 1. The lowest BCUT2D eigenvalue weighted by Gasteiger charge is -2.34. The van der Waals surface area contributed by atoms with E-state index in [0.717, 1.165) is 31.7 Å². The van der Waals surface area contributed by atoms with E-state index >= 15 is 0 Å². The van der Waals surface area contributed by atoms with E-state index < -0.39 is 0 Å². The van der Waals surface area contributed by atoms with Crippen molar-refractivity contribution in [3.8, 4) is 11.5 Å². The number of piperazine rings is 1. The first kappa shape index (κ1) is 17.8. The number of hydrazone groups is 1. The van der Waals surface area contributed by atoms with Gasteiger partial charge in [0.1, 0.15) is 0 Å². The Balaban J connectivity index is 1.59. The molecular weight excluding hydrogens is 330 g/mol. The summed E-state index contributed by atoms with van der Waals surface area (Å²) in [6.45, 7) is 4.98. The zero-order valence-corrected chi connectivity index (χ0v) is 15.1. The number of hydrogen-bond donors (Lipinski definition) is 0. The third-order valence-electron chi connectivity index (χ3n) is 4.19. The van der Waals surface area contributed by atoms with Crippen LogP contribution in [-0.4, -0.2) is 50.5 Å². The maximum Gasteiger partial charge on any atom is 0.308 e. The summed E-state index contributed by atoms with van der Waals surface area (Å²) in [5, 5.41) is 6.63. The number of benzene rings is 2. The minimum Gasteiger partial charge on any atom is -0.493 e. The number of para-hydroxylation sites is 1. The van der Waals surface area contributed by atoms with Crippen molar-refractivity contribution in [2.45, 2.75) is 6.92 Å². The molecule has 0 unspecified atom stereocenters. The Kier molecular flexibility index (Phi) is 5.73. The van der Waals surface area contributed by atoms with Crippen LogP contribution in [0.5, 0.6) is 11.5 Å². The van der Waals surface area contributed by atoms with Crippen molar-refractivity contribution in [2.24, 2.45) is 5.10 Å². The number of hydrogen-bond acceptors (Lipinski definition) is 6. The Bertz CT molecular complexity index is 769. The molecule has 1 fully saturated rings. The van der Waals surface area contributed by atoms with Crippen molar-refractivity contribution < 1.29 is 14.3 Å². The molecule has 0 aromatic heterocycles. The van der Waals surface area contributed by atoms with E-state index in [0.29, 0.717) is 11.5 Å². The quantitative estimate of drug-likeness (QED) is 0.470. The lowest BCUT2D eigenvalue weighted by atomic mass is 10.2. The number of carbonyl (C=O) groups excluding carboxylic acids is 1. The highest BCUT2D eigenvalue weighted by molar-refractivity contribution is 5.81. The molecule has 1 aliphatic heterocycles. The van der Waals surface area contributed by atoms with E-state index in [-0.39, 0.29) is 5.97 Å². The van der Waals surface area contributed by atoms with Gasteiger partial charge in [-0.05, 0) is 35.9 Å². The smallest absolute Gasteiger partial charge is 0.308 e. The van der Waals surface area contributed by atoms with E-state index in [1.165, 1.54) is 12.6 Å². The third kappa shape index (κ3) is 4.53. The largest absolute Gasteiger partial charge is 0.493 e. The van der Waals surface area contributed by atoms with Gasteiger partial charge in [-0.15, -0.1) is 0 Å². The maximum absolute atomic E-state index is 11.1. The monoisotopic (exact) mass is 353 g/mol. The number of nitrogens with zero attached hydrogens (tertiary/aromatic N) is 3. The Morgan fingerprint density at radius 2 is 1.77 bits per heavy atom. The van der Waals surface area contributed by atoms with Gasteiger partial charge in [0.2, 0.25) is 0 Å². The standard InChI is InChI=1S/C20H23N3O3/c1-16(24)26-19-9-8-17(14-20(19)25-2)15-21-23-12-10-22(11-13-23)18-6-4-3-5-7-18/h3-9,14-15H,10-13H2,1-2H3/b21-15+. The van der Waals surface area contributed by atoms with Crippen LogP contribution in [0.25, 0.3) is 0 Å². The summed E-state index contributed by atoms with van der Waals surface area (Å²) in [4.78, 5) is 13.5. The van der Waals surface area contributed by atoms with Gasteiger partial charge in [-0.3, -0.25) is 9.80 Å². The molecule has 0 N–H and O–H groups in total. The molecule has 0 amide bonds. The van der Waals surface area contributed by atoms with Crippen LogP contribution >= 0.6 is 0 Å². The van der Waals surface area contributed by atoms with Gasteiger partial charge in [0.15, 0.2) is 11.5 Å². The molecule has 136 valence electrons. The van der Waals surface area contributed by atoms with Gasteiger partial charge in [-0.2, -0.15) is 5.10 Å². The number of anilines is 1. The van der Waals surface area contributed by atoms with Crippen molar-refractivity contribution in [3.05, 3.63) is 54.1 Å². The first-order chi connectivity index (χ1) is 12.7. The minimum atomic E-state index is -0.374. The van der Waals surface area contributed by atoms with Crippen molar-refractivity contribution in [1.29, 1.82) is 0 Å². The Morgan fingerprint density at radius 1 is 1.04 bits per heavy atom. The van der Waals surface area contributed by atoms with Crippen LogP contribution in [0.3, 0.4) is 0 Å². The van der Waals surface area contributed by atoms with Crippen molar-refractivity contribution in [3.63, 3.8) is 0 Å². The van der Waals surface area contributed by atoms with E-state index in [1.54, 1.807) is 19.4 Å². The van der Waals surface area contributed by atoms with E-state index in [4.69, 9.17) is 9.47 Å². The Hall–Kier alpha value is -3.02. The summed E-state index contributed by atoms with van der Waals surface area (Å²) in [6.07, 6.45) is 1.80. The second-order valence-electron chi connectivity index (χ2n) is 6.02. The molecule has 0 atom stereocenters. The Morgan fingerprint density at radius 3 is 2.42 bits per heavy atom. The number of rotatable bonds is 5. The van der Waals surface area contributed by atoms with Crippen LogP contribution in [0.15, 0.2) is 53.6 Å². The number of ether oxygens (including phenoxy) is 2. The molecule has 26 heavy (non-hydrogen) atoms. The second kappa shape index (κ2) is 8.38. The van der Waals surface area contributed by atoms with Gasteiger partial charge < -0.3 is 14.4 Å². The lowest BCUT2D eigenvalue weighted by Crippen LogP contribution is -2.44. The van der Waals surface area contributed by atoms with Gasteiger partial charge in [0.05, 0.1) is 26.4 Å². The molecule has 0 aliphatic carbocycles. The normalized spacial score (nSPS) is 14.5. The molecule has 6 heteroatoms. The Labute approximate surface area is 153 Å². The van der Waals surface area contributed by atoms with Crippen LogP contribution in [-0.2, 0) is 4.79 Å². The lowest BCUT2D eigenvalue weighted by molar-refractivity contribution is -0.132. The molecule has 3 rings (SSSR count). The summed E-state index contributed by atoms with van der Waals surface area (Å²) in [5.74, 6) is 0.549. The molecule has 6 nitrogen and oxygen atoms in total. The molecule has 0 radical (unpaired) electrons. The summed E-state index contributed by atoms with van der Waals surface area (Å²) in [5.41, 5.74) is 2.14. The molecule has 1 aliphatic rings. The van der Waals surface area contributed by atoms with Crippen molar-refractivity contribution in [2.75, 3.05) is 38.2 Å². The van der Waals surface area contributed by atoms with Crippen LogP contribution < -0.4 is 14.4 Å². The summed E-state index contributed by atoms with van der Waals surface area (Å²) < 4.78 is 10.4. The molecule has 1 saturated heterocycles. The predicted molar refractivity (Wildman–Crippen MR) is 102 cm³/mol. The highest BCUT2D eigenvalue weighted by Crippen LogP contribution is 2.27. The van der Waals surface area contributed by atoms with Gasteiger partial charge in [-0.25, -0.2) is 0 Å². The van der Waals surface area contributed by atoms with Gasteiger partial charge in [-0.1, -0.05) is 18.2 Å². The number of carbonyl (C=O) groups is 1. The number of esters is 1. The van der Waals surface area contributed by atoms with Crippen LogP contribution in [0.2, 0.25) is 0 Å². The van der Waals surface area contributed by atoms with Crippen LogP contribution in [0.4, 0.5) is 5.69 Å². The van der Waals surface area contributed by atoms with Crippen molar-refractivity contribution >= 4 is 17.9 Å². The van der Waals surface area contributed by atoms with Gasteiger partial charge in [0.25, 0.3) is 0 Å². The topological polar surface area (TPSA) is 54.4 Å². The summed E-state index contributed by atoms with van der Waals surface area (Å²) in [6, 6.07) is 15.8. The first-order valence-electron chi connectivity index (χ1n) is 8.61. The van der Waals surface area contributed by atoms with Crippen LogP contribution in [0.1, 0.15) is 12.5 Å². The molecule has 0 saturated carbocycles. The highest BCUT2D eigenvalue weighted by Gasteiger charge is 2.15. The summed E-state index contributed by atoms with van der Waals surface area (Å²) >= 11 is 0. The molecule has 0 bridgehead atoms. The molecule has 0 spiro atoms. The van der Waals surface area contributed by atoms with Crippen LogP contribution in [0, 0.1) is 0 Å². The fourth-order valence-electron chi connectivity index (χ4n) is 2.86. The average molecular weight is 353 g/mol. The predicted octanol–water partition coefficient (Wildman–Crippen LogP) is 2.78. The second-order valence-corrected chi connectivity index (χ2v) is 6.02. The summed E-state index contributed by atoms with van der Waals surface area (Å²) in [7, 11) is 1.55. The average Bonchev–Trinajstić information content (AvgIpc) is 2.68. The highest BCUT2D eigenvalue weighted by atomic mass is 16.6. The zero-order chi connectivity index (χ0) is 18.4. The van der Waals surface area contributed by atoms with Crippen molar-refractivity contribution in [1.82, 2.24) is 5.01 Å². The van der Waals surface area contributed by atoms with Gasteiger partial charge in [0, 0.05) is 25.7 Å². The van der Waals surface area contributed by atoms with E-state index in [9.17, 15) is 4.79 Å². The fraction of sp³-hybridized carbons (Fsp3) is 0.300. The minimum absolute atomic E-state index is 0.374. The SMILES string of the molecule is COc1cc(/C=N/N2CCN(c3ccccc3)CC2)ccc1OC(C)=O. The third-order valence-corrected chi connectivity index (χ3v) is 4.19. The van der Waals surface area contributed by atoms with E-state index in [1.807, 2.05) is 18.2 Å². The first-order valence-corrected chi connectivity index (χ1v) is 8.61.